The first kappa shape index (κ1) is 9.13. The van der Waals surface area contributed by atoms with Crippen molar-refractivity contribution in [1.82, 2.24) is 9.97 Å². The van der Waals surface area contributed by atoms with E-state index in [1.165, 1.54) is 3.66 Å². The second kappa shape index (κ2) is 3.47. The zero-order valence-corrected chi connectivity index (χ0v) is 10.2. The summed E-state index contributed by atoms with van der Waals surface area (Å²) in [5.41, 5.74) is 1.58. The molecule has 3 aromatic rings. The average Bonchev–Trinajstić information content (AvgIpc) is 2.82. The van der Waals surface area contributed by atoms with Crippen LogP contribution in [0.1, 0.15) is 0 Å². The van der Waals surface area contributed by atoms with Crippen LogP contribution in [0.3, 0.4) is 0 Å². The standard InChI is InChI=1S/C10H5AsN2OS/c11-9-2-1-8(15-9)10-13-6-3-4-12-5-7(6)14-10/h1-5H. The maximum atomic E-state index is 5.60. The van der Waals surface area contributed by atoms with E-state index in [2.05, 4.69) is 26.8 Å². The molecule has 0 saturated heterocycles. The molecule has 5 heteroatoms. The Kier molecular flexibility index (Phi) is 2.11. The molecule has 3 aromatic heterocycles. The van der Waals surface area contributed by atoms with Crippen molar-refractivity contribution in [3.63, 3.8) is 0 Å². The molecule has 0 aliphatic heterocycles. The molecule has 0 atom stereocenters. The van der Waals surface area contributed by atoms with E-state index in [-0.39, 0.29) is 0 Å². The van der Waals surface area contributed by atoms with E-state index >= 15 is 0 Å². The third-order valence-corrected chi connectivity index (χ3v) is 3.76. The molecular weight excluding hydrogens is 271 g/mol. The molecule has 3 rings (SSSR count). The van der Waals surface area contributed by atoms with Gasteiger partial charge in [0.1, 0.15) is 0 Å². The zero-order chi connectivity index (χ0) is 10.3. The van der Waals surface area contributed by atoms with Gasteiger partial charge in [0.05, 0.1) is 0 Å². The predicted octanol–water partition coefficient (Wildman–Crippen LogP) is 1.75. The van der Waals surface area contributed by atoms with Crippen LogP contribution >= 0.6 is 11.3 Å². The summed E-state index contributed by atoms with van der Waals surface area (Å²) >= 11 is 4.17. The fourth-order valence-corrected chi connectivity index (χ4v) is 2.78. The van der Waals surface area contributed by atoms with Crippen molar-refractivity contribution >= 4 is 43.0 Å². The molecule has 0 N–H and O–H groups in total. The Balaban J connectivity index is 2.19. The van der Waals surface area contributed by atoms with Gasteiger partial charge in [-0.2, -0.15) is 0 Å². The molecule has 3 heterocycles. The number of pyridine rings is 1. The van der Waals surface area contributed by atoms with Crippen LogP contribution in [0.15, 0.2) is 35.0 Å². The Morgan fingerprint density at radius 1 is 1.27 bits per heavy atom. The van der Waals surface area contributed by atoms with Crippen LogP contribution in [0.2, 0.25) is 0 Å². The van der Waals surface area contributed by atoms with Crippen LogP contribution < -0.4 is 3.66 Å². The van der Waals surface area contributed by atoms with Crippen LogP contribution in [0.25, 0.3) is 21.9 Å². The predicted molar refractivity (Wildman–Crippen MR) is 60.5 cm³/mol. The van der Waals surface area contributed by atoms with Crippen molar-refractivity contribution in [2.24, 2.45) is 0 Å². The van der Waals surface area contributed by atoms with Gasteiger partial charge in [-0.25, -0.2) is 0 Å². The molecule has 0 aliphatic carbocycles. The van der Waals surface area contributed by atoms with Gasteiger partial charge in [0.15, 0.2) is 0 Å². The molecule has 0 unspecified atom stereocenters. The SMILES string of the molecule is [As]c1ccc(-c2nc3ccncc3o2)s1. The molecule has 0 aliphatic rings. The Labute approximate surface area is 98.7 Å². The van der Waals surface area contributed by atoms with E-state index in [0.29, 0.717) is 5.89 Å². The van der Waals surface area contributed by atoms with E-state index in [4.69, 9.17) is 4.42 Å². The minimum atomic E-state index is 0.667. The molecule has 0 aromatic carbocycles. The number of oxazole rings is 1. The van der Waals surface area contributed by atoms with Crippen LogP contribution in [0.4, 0.5) is 0 Å². The third-order valence-electron chi connectivity index (χ3n) is 1.99. The summed E-state index contributed by atoms with van der Waals surface area (Å²) in [5, 5.41) is 0. The second-order valence-corrected chi connectivity index (χ2v) is 5.75. The van der Waals surface area contributed by atoms with Crippen molar-refractivity contribution in [3.05, 3.63) is 30.6 Å². The molecule has 0 spiro atoms. The molecule has 72 valence electrons. The first-order valence-corrected chi connectivity index (χ1v) is 6.08. The summed E-state index contributed by atoms with van der Waals surface area (Å²) < 4.78 is 6.79. The number of thiophene rings is 1. The monoisotopic (exact) mass is 276 g/mol. The Bertz CT molecular complexity index is 583. The molecule has 0 fully saturated rings. The summed E-state index contributed by atoms with van der Waals surface area (Å²) in [6.45, 7) is 0. The van der Waals surface area contributed by atoms with Crippen LogP contribution in [0.5, 0.6) is 0 Å². The Morgan fingerprint density at radius 3 is 2.93 bits per heavy atom. The van der Waals surface area contributed by atoms with Crippen LogP contribution in [-0.4, -0.2) is 26.8 Å². The van der Waals surface area contributed by atoms with Gasteiger partial charge in [-0.3, -0.25) is 0 Å². The van der Waals surface area contributed by atoms with Crippen molar-refractivity contribution in [3.8, 4) is 10.8 Å². The summed E-state index contributed by atoms with van der Waals surface area (Å²) in [5.74, 6) is 0.667. The Hall–Kier alpha value is -1.12. The number of hydrogen-bond acceptors (Lipinski definition) is 4. The van der Waals surface area contributed by atoms with E-state index < -0.39 is 0 Å². The summed E-state index contributed by atoms with van der Waals surface area (Å²) in [7, 11) is 0. The van der Waals surface area contributed by atoms with Gasteiger partial charge in [-0.1, -0.05) is 0 Å². The number of nitrogens with zero attached hydrogens (tertiary/aromatic N) is 2. The van der Waals surface area contributed by atoms with Crippen molar-refractivity contribution in [2.45, 2.75) is 0 Å². The molecule has 0 saturated carbocycles. The fourth-order valence-electron chi connectivity index (χ4n) is 1.33. The zero-order valence-electron chi connectivity index (χ0n) is 7.54. The van der Waals surface area contributed by atoms with Gasteiger partial charge in [0.25, 0.3) is 0 Å². The second-order valence-electron chi connectivity index (χ2n) is 3.00. The van der Waals surface area contributed by atoms with Crippen LogP contribution in [-0.2, 0) is 0 Å². The minimum absolute atomic E-state index is 0.667. The maximum absolute atomic E-state index is 5.60. The quantitative estimate of drug-likeness (QED) is 0.635. The normalized spacial score (nSPS) is 11.0. The molecule has 15 heavy (non-hydrogen) atoms. The van der Waals surface area contributed by atoms with Crippen molar-refractivity contribution in [1.29, 1.82) is 0 Å². The van der Waals surface area contributed by atoms with E-state index in [0.717, 1.165) is 16.0 Å². The van der Waals surface area contributed by atoms with E-state index in [1.54, 1.807) is 23.7 Å². The number of rotatable bonds is 1. The number of hydrogen-bond donors (Lipinski definition) is 0. The van der Waals surface area contributed by atoms with E-state index in [1.807, 2.05) is 18.2 Å². The van der Waals surface area contributed by atoms with Gasteiger partial charge in [-0.15, -0.1) is 0 Å². The molecule has 3 nitrogen and oxygen atoms in total. The first-order chi connectivity index (χ1) is 7.33. The van der Waals surface area contributed by atoms with E-state index in [9.17, 15) is 0 Å². The first-order valence-electron chi connectivity index (χ1n) is 4.33. The molecular formula is C10H5AsN2OS. The number of aromatic nitrogens is 2. The fraction of sp³-hybridized carbons (Fsp3) is 0. The average molecular weight is 276 g/mol. The van der Waals surface area contributed by atoms with Gasteiger partial charge in [0, 0.05) is 0 Å². The molecule has 2 radical (unpaired) electrons. The summed E-state index contributed by atoms with van der Waals surface area (Å²) in [4.78, 5) is 9.43. The van der Waals surface area contributed by atoms with Crippen LogP contribution in [0, 0.1) is 0 Å². The van der Waals surface area contributed by atoms with Crippen molar-refractivity contribution < 1.29 is 4.42 Å². The molecule has 0 amide bonds. The van der Waals surface area contributed by atoms with Gasteiger partial charge < -0.3 is 0 Å². The molecule has 0 bridgehead atoms. The Morgan fingerprint density at radius 2 is 2.20 bits per heavy atom. The van der Waals surface area contributed by atoms with Gasteiger partial charge in [-0.05, 0) is 0 Å². The third kappa shape index (κ3) is 1.60. The number of fused-ring (bicyclic) bond motifs is 1. The summed E-state index contributed by atoms with van der Waals surface area (Å²) in [6.07, 6.45) is 3.40. The van der Waals surface area contributed by atoms with Gasteiger partial charge in [0.2, 0.25) is 0 Å². The topological polar surface area (TPSA) is 38.9 Å². The summed E-state index contributed by atoms with van der Waals surface area (Å²) in [6, 6.07) is 5.89. The van der Waals surface area contributed by atoms with Gasteiger partial charge >= 0.3 is 98.7 Å². The van der Waals surface area contributed by atoms with Crippen molar-refractivity contribution in [2.75, 3.05) is 0 Å².